The van der Waals surface area contributed by atoms with Crippen molar-refractivity contribution in [1.29, 1.82) is 0 Å². The molecule has 8 nitrogen and oxygen atoms in total. The molecule has 0 saturated carbocycles. The van der Waals surface area contributed by atoms with E-state index in [0.717, 1.165) is 23.4 Å². The Hall–Kier alpha value is -2.77. The first-order chi connectivity index (χ1) is 10.3. The van der Waals surface area contributed by atoms with Crippen molar-refractivity contribution in [3.05, 3.63) is 35.9 Å². The Morgan fingerprint density at radius 2 is 2.33 bits per heavy atom. The molecule has 0 aliphatic rings. The van der Waals surface area contributed by atoms with E-state index in [1.807, 2.05) is 13.0 Å². The van der Waals surface area contributed by atoms with E-state index in [4.69, 9.17) is 0 Å². The standard InChI is InChI=1S/C13H15N7O/c1-2-20-11-4-3-9(7-10(11)17-19-20)13(21)14-6-5-12-15-8-16-18-12/h3-4,7-8H,2,5-6H2,1H3,(H,14,21)(H,15,16,18). The van der Waals surface area contributed by atoms with Gasteiger partial charge in [0.2, 0.25) is 0 Å². The summed E-state index contributed by atoms with van der Waals surface area (Å²) in [6.45, 7) is 3.24. The van der Waals surface area contributed by atoms with Crippen LogP contribution in [-0.2, 0) is 13.0 Å². The van der Waals surface area contributed by atoms with Gasteiger partial charge in [0, 0.05) is 25.1 Å². The molecule has 8 heteroatoms. The molecule has 0 spiro atoms. The van der Waals surface area contributed by atoms with Gasteiger partial charge in [-0.1, -0.05) is 5.21 Å². The highest BCUT2D eigenvalue weighted by atomic mass is 16.1. The smallest absolute Gasteiger partial charge is 0.251 e. The average molecular weight is 285 g/mol. The van der Waals surface area contributed by atoms with Gasteiger partial charge in [-0.15, -0.1) is 5.10 Å². The van der Waals surface area contributed by atoms with Gasteiger partial charge in [0.25, 0.3) is 5.91 Å². The van der Waals surface area contributed by atoms with E-state index < -0.39 is 0 Å². The van der Waals surface area contributed by atoms with Crippen LogP contribution < -0.4 is 5.32 Å². The molecule has 2 heterocycles. The van der Waals surface area contributed by atoms with E-state index in [1.54, 1.807) is 16.8 Å². The highest BCUT2D eigenvalue weighted by Gasteiger charge is 2.09. The number of carbonyl (C=O) groups is 1. The molecule has 108 valence electrons. The first-order valence-electron chi connectivity index (χ1n) is 6.73. The van der Waals surface area contributed by atoms with Crippen molar-refractivity contribution < 1.29 is 4.79 Å². The normalized spacial score (nSPS) is 10.9. The van der Waals surface area contributed by atoms with E-state index in [0.29, 0.717) is 18.5 Å². The number of aromatic nitrogens is 6. The van der Waals surface area contributed by atoms with Gasteiger partial charge in [-0.05, 0) is 25.1 Å². The van der Waals surface area contributed by atoms with Crippen LogP contribution in [0.1, 0.15) is 23.1 Å². The fourth-order valence-corrected chi connectivity index (χ4v) is 2.09. The minimum absolute atomic E-state index is 0.137. The van der Waals surface area contributed by atoms with Crippen molar-refractivity contribution in [3.8, 4) is 0 Å². The summed E-state index contributed by atoms with van der Waals surface area (Å²) in [5.74, 6) is 0.610. The van der Waals surface area contributed by atoms with Crippen LogP contribution in [0.3, 0.4) is 0 Å². The van der Waals surface area contributed by atoms with Crippen LogP contribution in [0.2, 0.25) is 0 Å². The zero-order valence-corrected chi connectivity index (χ0v) is 11.6. The Morgan fingerprint density at radius 3 is 3.10 bits per heavy atom. The number of H-pyrrole nitrogens is 1. The van der Waals surface area contributed by atoms with Crippen LogP contribution in [0, 0.1) is 0 Å². The second-order valence-electron chi connectivity index (χ2n) is 4.55. The topological polar surface area (TPSA) is 101 Å². The van der Waals surface area contributed by atoms with Crippen LogP contribution in [-0.4, -0.2) is 42.6 Å². The maximum atomic E-state index is 12.1. The van der Waals surface area contributed by atoms with Gasteiger partial charge in [0.15, 0.2) is 0 Å². The Kier molecular flexibility index (Phi) is 3.59. The van der Waals surface area contributed by atoms with E-state index in [1.165, 1.54) is 6.33 Å². The summed E-state index contributed by atoms with van der Waals surface area (Å²) < 4.78 is 1.79. The molecule has 3 rings (SSSR count). The SMILES string of the molecule is CCn1nnc2cc(C(=O)NCCc3ncn[nH]3)ccc21. The van der Waals surface area contributed by atoms with Gasteiger partial charge in [0.1, 0.15) is 17.7 Å². The molecule has 0 radical (unpaired) electrons. The van der Waals surface area contributed by atoms with E-state index in [2.05, 4.69) is 30.8 Å². The predicted octanol–water partition coefficient (Wildman–Crippen LogP) is 0.542. The monoisotopic (exact) mass is 285 g/mol. The highest BCUT2D eigenvalue weighted by Crippen LogP contribution is 2.13. The summed E-state index contributed by atoms with van der Waals surface area (Å²) in [6.07, 6.45) is 2.06. The third kappa shape index (κ3) is 2.73. The second kappa shape index (κ2) is 5.70. The molecule has 0 atom stereocenters. The number of amides is 1. The van der Waals surface area contributed by atoms with Crippen molar-refractivity contribution in [2.45, 2.75) is 19.9 Å². The first-order valence-corrected chi connectivity index (χ1v) is 6.73. The van der Waals surface area contributed by atoms with Gasteiger partial charge >= 0.3 is 0 Å². The molecule has 1 amide bonds. The lowest BCUT2D eigenvalue weighted by molar-refractivity contribution is 0.0954. The number of carbonyl (C=O) groups excluding carboxylic acids is 1. The minimum atomic E-state index is -0.137. The number of aromatic amines is 1. The largest absolute Gasteiger partial charge is 0.352 e. The lowest BCUT2D eigenvalue weighted by atomic mass is 10.2. The Balaban J connectivity index is 1.66. The van der Waals surface area contributed by atoms with Gasteiger partial charge in [-0.25, -0.2) is 9.67 Å². The van der Waals surface area contributed by atoms with Gasteiger partial charge in [-0.3, -0.25) is 9.89 Å². The highest BCUT2D eigenvalue weighted by molar-refractivity contribution is 5.97. The van der Waals surface area contributed by atoms with Crippen LogP contribution in [0.15, 0.2) is 24.5 Å². The quantitative estimate of drug-likeness (QED) is 0.712. The lowest BCUT2D eigenvalue weighted by Crippen LogP contribution is -2.25. The summed E-state index contributed by atoms with van der Waals surface area (Å²) in [5, 5.41) is 17.4. The number of benzene rings is 1. The maximum absolute atomic E-state index is 12.1. The Bertz CT molecular complexity index is 747. The minimum Gasteiger partial charge on any atom is -0.352 e. The van der Waals surface area contributed by atoms with Gasteiger partial charge in [-0.2, -0.15) is 5.10 Å². The number of nitrogens with one attached hydrogen (secondary N) is 2. The molecule has 0 saturated heterocycles. The number of fused-ring (bicyclic) bond motifs is 1. The van der Waals surface area contributed by atoms with Crippen LogP contribution in [0.25, 0.3) is 11.0 Å². The van der Waals surface area contributed by atoms with Crippen LogP contribution in [0.5, 0.6) is 0 Å². The lowest BCUT2D eigenvalue weighted by Gasteiger charge is -2.04. The van der Waals surface area contributed by atoms with Crippen LogP contribution >= 0.6 is 0 Å². The molecule has 0 aliphatic heterocycles. The first kappa shape index (κ1) is 13.2. The van der Waals surface area contributed by atoms with Crippen molar-refractivity contribution in [3.63, 3.8) is 0 Å². The molecule has 3 aromatic rings. The number of rotatable bonds is 5. The molecule has 2 N–H and O–H groups in total. The fourth-order valence-electron chi connectivity index (χ4n) is 2.09. The molecule has 0 unspecified atom stereocenters. The third-order valence-corrected chi connectivity index (χ3v) is 3.19. The predicted molar refractivity (Wildman–Crippen MR) is 75.6 cm³/mol. The third-order valence-electron chi connectivity index (χ3n) is 3.19. The number of nitrogens with zero attached hydrogens (tertiary/aromatic N) is 5. The van der Waals surface area contributed by atoms with Crippen molar-refractivity contribution in [2.24, 2.45) is 0 Å². The number of aryl methyl sites for hydroxylation is 1. The van der Waals surface area contributed by atoms with E-state index in [-0.39, 0.29) is 5.91 Å². The summed E-state index contributed by atoms with van der Waals surface area (Å²) in [6, 6.07) is 5.39. The van der Waals surface area contributed by atoms with Crippen LogP contribution in [0.4, 0.5) is 0 Å². The van der Waals surface area contributed by atoms with Crippen molar-refractivity contribution in [2.75, 3.05) is 6.54 Å². The van der Waals surface area contributed by atoms with Crippen molar-refractivity contribution in [1.82, 2.24) is 35.5 Å². The van der Waals surface area contributed by atoms with E-state index in [9.17, 15) is 4.79 Å². The molecule has 1 aromatic carbocycles. The molecular formula is C13H15N7O. The number of hydrogen-bond donors (Lipinski definition) is 2. The summed E-state index contributed by atoms with van der Waals surface area (Å²) in [5.41, 5.74) is 2.22. The molecule has 0 bridgehead atoms. The van der Waals surface area contributed by atoms with E-state index >= 15 is 0 Å². The molecule has 0 aliphatic carbocycles. The summed E-state index contributed by atoms with van der Waals surface area (Å²) >= 11 is 0. The van der Waals surface area contributed by atoms with Gasteiger partial charge in [0.05, 0.1) is 5.52 Å². The maximum Gasteiger partial charge on any atom is 0.251 e. The Morgan fingerprint density at radius 1 is 1.43 bits per heavy atom. The van der Waals surface area contributed by atoms with Gasteiger partial charge < -0.3 is 5.32 Å². The zero-order valence-electron chi connectivity index (χ0n) is 11.6. The molecule has 0 fully saturated rings. The summed E-state index contributed by atoms with van der Waals surface area (Å²) in [7, 11) is 0. The molecule has 21 heavy (non-hydrogen) atoms. The summed E-state index contributed by atoms with van der Waals surface area (Å²) in [4.78, 5) is 16.1. The number of hydrogen-bond acceptors (Lipinski definition) is 5. The van der Waals surface area contributed by atoms with Crippen molar-refractivity contribution >= 4 is 16.9 Å². The average Bonchev–Trinajstić information content (AvgIpc) is 3.15. The second-order valence-corrected chi connectivity index (χ2v) is 4.55. The fraction of sp³-hybridized carbons (Fsp3) is 0.308. The molecule has 2 aromatic heterocycles. The molecular weight excluding hydrogens is 270 g/mol. The zero-order chi connectivity index (χ0) is 14.7. The Labute approximate surface area is 120 Å².